The molecule has 1 fully saturated rings. The van der Waals surface area contributed by atoms with Crippen molar-refractivity contribution in [3.05, 3.63) is 0 Å². The summed E-state index contributed by atoms with van der Waals surface area (Å²) in [6, 6.07) is 0.289. The van der Waals surface area contributed by atoms with Crippen LogP contribution < -0.4 is 11.1 Å². The lowest BCUT2D eigenvalue weighted by Crippen LogP contribution is -2.43. The van der Waals surface area contributed by atoms with Crippen molar-refractivity contribution in [3.8, 4) is 0 Å². The van der Waals surface area contributed by atoms with Crippen LogP contribution in [0, 0.1) is 5.92 Å². The fourth-order valence-corrected chi connectivity index (χ4v) is 3.47. The van der Waals surface area contributed by atoms with Crippen LogP contribution in [-0.4, -0.2) is 33.7 Å². The van der Waals surface area contributed by atoms with Gasteiger partial charge in [-0.2, -0.15) is 0 Å². The molecule has 3 N–H and O–H groups in total. The summed E-state index contributed by atoms with van der Waals surface area (Å²) >= 11 is 0. The van der Waals surface area contributed by atoms with E-state index in [4.69, 9.17) is 5.73 Å². The van der Waals surface area contributed by atoms with E-state index < -0.39 is 16.0 Å². The van der Waals surface area contributed by atoms with E-state index in [1.54, 1.807) is 6.92 Å². The highest BCUT2D eigenvalue weighted by atomic mass is 32.2. The summed E-state index contributed by atoms with van der Waals surface area (Å²) in [7, 11) is -1.12. The molecule has 1 saturated carbocycles. The van der Waals surface area contributed by atoms with Crippen LogP contribution in [0.5, 0.6) is 0 Å². The molecule has 0 heterocycles. The number of carbonyl (C=O) groups is 1. The smallest absolute Gasteiger partial charge is 0.235 e. The van der Waals surface area contributed by atoms with Crippen molar-refractivity contribution in [1.29, 1.82) is 0 Å². The molecule has 0 radical (unpaired) electrons. The molecule has 0 aromatic carbocycles. The van der Waals surface area contributed by atoms with Gasteiger partial charge in [0, 0.05) is 22.6 Å². The SMILES string of the molecule is CC(CN)CS(=O)C(C)C(=O)NC1CCCCC1. The molecular formula is C13H26N2O2S. The van der Waals surface area contributed by atoms with Gasteiger partial charge >= 0.3 is 0 Å². The van der Waals surface area contributed by atoms with Crippen LogP contribution in [-0.2, 0) is 15.6 Å². The van der Waals surface area contributed by atoms with Gasteiger partial charge in [0.05, 0.1) is 0 Å². The van der Waals surface area contributed by atoms with Crippen LogP contribution in [0.4, 0.5) is 0 Å². The van der Waals surface area contributed by atoms with Gasteiger partial charge in [0.15, 0.2) is 0 Å². The molecule has 0 saturated heterocycles. The summed E-state index contributed by atoms with van der Waals surface area (Å²) in [5.41, 5.74) is 5.51. The predicted octanol–water partition coefficient (Wildman–Crippen LogP) is 1.17. The Balaban J connectivity index is 2.37. The number of hydrogen-bond donors (Lipinski definition) is 2. The van der Waals surface area contributed by atoms with Crippen molar-refractivity contribution in [2.75, 3.05) is 12.3 Å². The zero-order valence-electron chi connectivity index (χ0n) is 11.5. The van der Waals surface area contributed by atoms with Crippen LogP contribution >= 0.6 is 0 Å². The van der Waals surface area contributed by atoms with E-state index in [9.17, 15) is 9.00 Å². The molecule has 0 aliphatic heterocycles. The molecule has 0 aromatic heterocycles. The van der Waals surface area contributed by atoms with Gasteiger partial charge in [0.2, 0.25) is 5.91 Å². The minimum atomic E-state index is -1.12. The minimum absolute atomic E-state index is 0.0653. The molecule has 1 aliphatic rings. The Morgan fingerprint density at radius 2 is 1.94 bits per heavy atom. The van der Waals surface area contributed by atoms with Crippen molar-refractivity contribution >= 4 is 16.7 Å². The number of rotatable bonds is 6. The first-order valence-corrected chi connectivity index (χ1v) is 8.30. The van der Waals surface area contributed by atoms with Gasteiger partial charge in [-0.25, -0.2) is 0 Å². The van der Waals surface area contributed by atoms with Crippen molar-refractivity contribution in [1.82, 2.24) is 5.32 Å². The van der Waals surface area contributed by atoms with Gasteiger partial charge in [-0.3, -0.25) is 9.00 Å². The number of carbonyl (C=O) groups excluding carboxylic acids is 1. The third kappa shape index (κ3) is 5.06. The Bertz CT molecular complexity index is 291. The molecule has 106 valence electrons. The Hall–Kier alpha value is -0.420. The van der Waals surface area contributed by atoms with E-state index in [2.05, 4.69) is 5.32 Å². The molecule has 0 spiro atoms. The van der Waals surface area contributed by atoms with Crippen molar-refractivity contribution in [2.45, 2.75) is 57.2 Å². The monoisotopic (exact) mass is 274 g/mol. The fourth-order valence-electron chi connectivity index (χ4n) is 2.18. The first-order valence-electron chi connectivity index (χ1n) is 6.92. The second-order valence-corrected chi connectivity index (χ2v) is 7.18. The lowest BCUT2D eigenvalue weighted by Gasteiger charge is -2.24. The summed E-state index contributed by atoms with van der Waals surface area (Å²) in [4.78, 5) is 12.0. The number of amides is 1. The normalized spacial score (nSPS) is 22.2. The molecule has 0 aromatic rings. The standard InChI is InChI=1S/C13H26N2O2S/c1-10(8-14)9-18(17)11(2)13(16)15-12-6-4-3-5-7-12/h10-12H,3-9,14H2,1-2H3,(H,15,16). The number of hydrogen-bond acceptors (Lipinski definition) is 3. The number of nitrogens with one attached hydrogen (secondary N) is 1. The molecule has 1 rings (SSSR count). The summed E-state index contributed by atoms with van der Waals surface area (Å²) in [5, 5.41) is 2.60. The van der Waals surface area contributed by atoms with E-state index >= 15 is 0 Å². The van der Waals surface area contributed by atoms with Gasteiger partial charge in [0.1, 0.15) is 5.25 Å². The Kier molecular flexibility index (Phi) is 6.86. The molecular weight excluding hydrogens is 248 g/mol. The topological polar surface area (TPSA) is 72.2 Å². The number of nitrogens with two attached hydrogens (primary N) is 1. The maximum absolute atomic E-state index is 12.0. The van der Waals surface area contributed by atoms with E-state index in [0.29, 0.717) is 12.3 Å². The van der Waals surface area contributed by atoms with Crippen LogP contribution in [0.25, 0.3) is 0 Å². The molecule has 3 atom stereocenters. The molecule has 18 heavy (non-hydrogen) atoms. The quantitative estimate of drug-likeness (QED) is 0.763. The highest BCUT2D eigenvalue weighted by Gasteiger charge is 2.24. The van der Waals surface area contributed by atoms with Crippen molar-refractivity contribution in [2.24, 2.45) is 11.7 Å². The molecule has 0 bridgehead atoms. The minimum Gasteiger partial charge on any atom is -0.352 e. The maximum Gasteiger partial charge on any atom is 0.235 e. The highest BCUT2D eigenvalue weighted by molar-refractivity contribution is 7.86. The average molecular weight is 274 g/mol. The molecule has 1 aliphatic carbocycles. The Morgan fingerprint density at radius 3 is 2.50 bits per heavy atom. The van der Waals surface area contributed by atoms with E-state index in [-0.39, 0.29) is 17.9 Å². The van der Waals surface area contributed by atoms with Gasteiger partial charge in [0.25, 0.3) is 0 Å². The van der Waals surface area contributed by atoms with Crippen LogP contribution in [0.15, 0.2) is 0 Å². The Labute approximate surface area is 113 Å². The van der Waals surface area contributed by atoms with Crippen LogP contribution in [0.1, 0.15) is 46.0 Å². The lowest BCUT2D eigenvalue weighted by atomic mass is 9.95. The van der Waals surface area contributed by atoms with Gasteiger partial charge in [-0.1, -0.05) is 26.2 Å². The first kappa shape index (κ1) is 15.6. The van der Waals surface area contributed by atoms with Gasteiger partial charge < -0.3 is 11.1 Å². The maximum atomic E-state index is 12.0. The zero-order chi connectivity index (χ0) is 13.5. The third-order valence-corrected chi connectivity index (χ3v) is 5.47. The average Bonchev–Trinajstić information content (AvgIpc) is 2.38. The molecule has 3 unspecified atom stereocenters. The van der Waals surface area contributed by atoms with Gasteiger partial charge in [-0.15, -0.1) is 0 Å². The highest BCUT2D eigenvalue weighted by Crippen LogP contribution is 2.17. The third-order valence-electron chi connectivity index (χ3n) is 3.57. The molecule has 5 heteroatoms. The Morgan fingerprint density at radius 1 is 1.33 bits per heavy atom. The van der Waals surface area contributed by atoms with Crippen molar-refractivity contribution in [3.63, 3.8) is 0 Å². The van der Waals surface area contributed by atoms with E-state index in [0.717, 1.165) is 12.8 Å². The second-order valence-electron chi connectivity index (χ2n) is 5.37. The molecule has 1 amide bonds. The lowest BCUT2D eigenvalue weighted by molar-refractivity contribution is -0.121. The van der Waals surface area contributed by atoms with Crippen molar-refractivity contribution < 1.29 is 9.00 Å². The second kappa shape index (κ2) is 7.89. The largest absolute Gasteiger partial charge is 0.352 e. The molecule has 4 nitrogen and oxygen atoms in total. The van der Waals surface area contributed by atoms with E-state index in [1.165, 1.54) is 19.3 Å². The van der Waals surface area contributed by atoms with Gasteiger partial charge in [-0.05, 0) is 32.2 Å². The van der Waals surface area contributed by atoms with Crippen LogP contribution in [0.3, 0.4) is 0 Å². The first-order chi connectivity index (χ1) is 8.54. The zero-order valence-corrected chi connectivity index (χ0v) is 12.3. The summed E-state index contributed by atoms with van der Waals surface area (Å²) in [6.45, 7) is 4.23. The van der Waals surface area contributed by atoms with Crippen LogP contribution in [0.2, 0.25) is 0 Å². The predicted molar refractivity (Wildman–Crippen MR) is 75.7 cm³/mol. The fraction of sp³-hybridized carbons (Fsp3) is 0.923. The summed E-state index contributed by atoms with van der Waals surface area (Å²) in [5.74, 6) is 0.649. The summed E-state index contributed by atoms with van der Waals surface area (Å²) < 4.78 is 12.0. The summed E-state index contributed by atoms with van der Waals surface area (Å²) in [6.07, 6.45) is 5.76. The van der Waals surface area contributed by atoms with E-state index in [1.807, 2.05) is 6.92 Å².